The molecule has 0 saturated heterocycles. The average molecular weight is 459 g/mol. The van der Waals surface area contributed by atoms with E-state index in [2.05, 4.69) is 5.32 Å². The van der Waals surface area contributed by atoms with E-state index in [1.807, 2.05) is 48.0 Å². The van der Waals surface area contributed by atoms with E-state index in [0.29, 0.717) is 28.3 Å². The van der Waals surface area contributed by atoms with Crippen LogP contribution in [0.1, 0.15) is 37.7 Å². The Morgan fingerprint density at radius 1 is 1.00 bits per heavy atom. The van der Waals surface area contributed by atoms with E-state index < -0.39 is 24.5 Å². The number of hydrogen-bond donors (Lipinski definition) is 2. The summed E-state index contributed by atoms with van der Waals surface area (Å²) in [6, 6.07) is 13.5. The van der Waals surface area contributed by atoms with Gasteiger partial charge in [0, 0.05) is 34.4 Å². The van der Waals surface area contributed by atoms with Gasteiger partial charge in [0.25, 0.3) is 11.8 Å². The first kappa shape index (κ1) is 23.9. The van der Waals surface area contributed by atoms with Crippen molar-refractivity contribution in [3.8, 4) is 11.4 Å². The molecule has 1 aromatic heterocycles. The van der Waals surface area contributed by atoms with Crippen molar-refractivity contribution in [1.82, 2.24) is 9.88 Å². The van der Waals surface area contributed by atoms with Crippen LogP contribution in [0.25, 0.3) is 5.69 Å². The number of nitrogens with zero attached hydrogens (tertiary/aromatic N) is 1. The molecule has 1 heterocycles. The maximum absolute atomic E-state index is 13.0. The number of nitrogens with one attached hydrogen (secondary N) is 2. The van der Waals surface area contributed by atoms with Crippen LogP contribution in [-0.4, -0.2) is 36.2 Å². The number of halogens is 3. The summed E-state index contributed by atoms with van der Waals surface area (Å²) in [5.74, 6) is -0.588. The van der Waals surface area contributed by atoms with Crippen molar-refractivity contribution in [1.29, 1.82) is 0 Å². The third-order valence-corrected chi connectivity index (χ3v) is 5.18. The van der Waals surface area contributed by atoms with Gasteiger partial charge in [0.05, 0.1) is 12.7 Å². The standard InChI is InChI=1S/C24H24F3N3O3/c1-14-8-9-17(22(31)28-13-24(25,26)27)11-21(14)29-23(32)20-10-15(2)30(16(20)3)18-6-5-7-19(12-18)33-4/h5-12H,13H2,1-4H3,(H,28,31)(H,29,32). The lowest BCUT2D eigenvalue weighted by Gasteiger charge is -2.13. The number of aryl methyl sites for hydroxylation is 2. The molecule has 174 valence electrons. The second kappa shape index (κ2) is 9.40. The van der Waals surface area contributed by atoms with Crippen molar-refractivity contribution in [3.05, 3.63) is 76.6 Å². The van der Waals surface area contributed by atoms with Gasteiger partial charge in [0.15, 0.2) is 0 Å². The van der Waals surface area contributed by atoms with Gasteiger partial charge < -0.3 is 19.9 Å². The fourth-order valence-corrected chi connectivity index (χ4v) is 3.51. The number of anilines is 1. The summed E-state index contributed by atoms with van der Waals surface area (Å²) in [6.45, 7) is 3.99. The minimum Gasteiger partial charge on any atom is -0.497 e. The summed E-state index contributed by atoms with van der Waals surface area (Å²) in [6.07, 6.45) is -4.51. The number of alkyl halides is 3. The fraction of sp³-hybridized carbons (Fsp3) is 0.250. The number of methoxy groups -OCH3 is 1. The van der Waals surface area contributed by atoms with Crippen LogP contribution in [-0.2, 0) is 0 Å². The Morgan fingerprint density at radius 3 is 2.39 bits per heavy atom. The van der Waals surface area contributed by atoms with E-state index in [0.717, 1.165) is 11.4 Å². The fourth-order valence-electron chi connectivity index (χ4n) is 3.51. The highest BCUT2D eigenvalue weighted by atomic mass is 19.4. The van der Waals surface area contributed by atoms with E-state index >= 15 is 0 Å². The van der Waals surface area contributed by atoms with Gasteiger partial charge in [-0.25, -0.2) is 0 Å². The van der Waals surface area contributed by atoms with Crippen molar-refractivity contribution in [3.63, 3.8) is 0 Å². The first-order chi connectivity index (χ1) is 15.5. The zero-order valence-electron chi connectivity index (χ0n) is 18.6. The lowest BCUT2D eigenvalue weighted by atomic mass is 10.1. The predicted octanol–water partition coefficient (Wildman–Crippen LogP) is 4.96. The second-order valence-electron chi connectivity index (χ2n) is 7.60. The third kappa shape index (κ3) is 5.54. The summed E-state index contributed by atoms with van der Waals surface area (Å²) < 4.78 is 44.4. The van der Waals surface area contributed by atoms with Crippen LogP contribution in [0.2, 0.25) is 0 Å². The predicted molar refractivity (Wildman–Crippen MR) is 119 cm³/mol. The van der Waals surface area contributed by atoms with E-state index in [4.69, 9.17) is 4.74 Å². The molecule has 9 heteroatoms. The molecule has 0 saturated carbocycles. The van der Waals surface area contributed by atoms with Gasteiger partial charge in [-0.15, -0.1) is 0 Å². The lowest BCUT2D eigenvalue weighted by molar-refractivity contribution is -0.123. The van der Waals surface area contributed by atoms with Crippen molar-refractivity contribution >= 4 is 17.5 Å². The molecular weight excluding hydrogens is 435 g/mol. The molecule has 0 bridgehead atoms. The molecule has 3 aromatic rings. The SMILES string of the molecule is COc1cccc(-n2c(C)cc(C(=O)Nc3cc(C(=O)NCC(F)(F)F)ccc3C)c2C)c1. The van der Waals surface area contributed by atoms with Gasteiger partial charge >= 0.3 is 6.18 Å². The summed E-state index contributed by atoms with van der Waals surface area (Å²) in [5.41, 5.74) is 3.83. The van der Waals surface area contributed by atoms with Crippen LogP contribution >= 0.6 is 0 Å². The highest BCUT2D eigenvalue weighted by Crippen LogP contribution is 2.25. The molecule has 0 aliphatic carbocycles. The molecule has 0 aliphatic heterocycles. The van der Waals surface area contributed by atoms with E-state index in [9.17, 15) is 22.8 Å². The average Bonchev–Trinajstić information content (AvgIpc) is 3.07. The molecule has 0 aliphatic rings. The molecule has 2 amide bonds. The number of rotatable bonds is 6. The molecule has 2 N–H and O–H groups in total. The van der Waals surface area contributed by atoms with Crippen molar-refractivity contribution in [2.45, 2.75) is 26.9 Å². The summed E-state index contributed by atoms with van der Waals surface area (Å²) in [4.78, 5) is 25.1. The Hall–Kier alpha value is -3.75. The minimum atomic E-state index is -4.51. The molecule has 6 nitrogen and oxygen atoms in total. The monoisotopic (exact) mass is 459 g/mol. The van der Waals surface area contributed by atoms with Gasteiger partial charge in [-0.3, -0.25) is 9.59 Å². The van der Waals surface area contributed by atoms with Gasteiger partial charge in [0.2, 0.25) is 0 Å². The second-order valence-corrected chi connectivity index (χ2v) is 7.60. The first-order valence-corrected chi connectivity index (χ1v) is 10.1. The quantitative estimate of drug-likeness (QED) is 0.548. The number of hydrogen-bond acceptors (Lipinski definition) is 3. The molecule has 3 rings (SSSR count). The van der Waals surface area contributed by atoms with Crippen LogP contribution < -0.4 is 15.4 Å². The van der Waals surface area contributed by atoms with Crippen LogP contribution in [0.3, 0.4) is 0 Å². The summed E-state index contributed by atoms with van der Waals surface area (Å²) >= 11 is 0. The molecule has 33 heavy (non-hydrogen) atoms. The molecule has 0 atom stereocenters. The highest BCUT2D eigenvalue weighted by molar-refractivity contribution is 6.06. The molecule has 0 unspecified atom stereocenters. The van der Waals surface area contributed by atoms with Crippen molar-refractivity contribution in [2.75, 3.05) is 19.0 Å². The Balaban J connectivity index is 1.85. The normalized spacial score (nSPS) is 11.2. The zero-order chi connectivity index (χ0) is 24.3. The van der Waals surface area contributed by atoms with Gasteiger partial charge in [-0.1, -0.05) is 12.1 Å². The lowest BCUT2D eigenvalue weighted by Crippen LogP contribution is -2.33. The van der Waals surface area contributed by atoms with Crippen LogP contribution in [0.4, 0.5) is 18.9 Å². The minimum absolute atomic E-state index is 0.0157. The van der Waals surface area contributed by atoms with E-state index in [1.54, 1.807) is 26.2 Å². The molecule has 2 aromatic carbocycles. The Kier molecular flexibility index (Phi) is 6.81. The van der Waals surface area contributed by atoms with Crippen LogP contribution in [0.5, 0.6) is 5.75 Å². The summed E-state index contributed by atoms with van der Waals surface area (Å²) in [5, 5.41) is 4.60. The number of carbonyl (C=O) groups excluding carboxylic acids is 2. The van der Waals surface area contributed by atoms with Gasteiger partial charge in [-0.05, 0) is 56.7 Å². The maximum Gasteiger partial charge on any atom is 0.405 e. The number of carbonyl (C=O) groups is 2. The van der Waals surface area contributed by atoms with Crippen LogP contribution in [0, 0.1) is 20.8 Å². The van der Waals surface area contributed by atoms with E-state index in [1.165, 1.54) is 12.1 Å². The molecule has 0 radical (unpaired) electrons. The topological polar surface area (TPSA) is 72.4 Å². The Bertz CT molecular complexity index is 1200. The number of benzene rings is 2. The Labute approximate surface area is 189 Å². The number of ether oxygens (including phenoxy) is 1. The largest absolute Gasteiger partial charge is 0.497 e. The highest BCUT2D eigenvalue weighted by Gasteiger charge is 2.28. The van der Waals surface area contributed by atoms with Crippen molar-refractivity contribution < 1.29 is 27.5 Å². The molecular formula is C24H24F3N3O3. The first-order valence-electron chi connectivity index (χ1n) is 10.1. The maximum atomic E-state index is 13.0. The smallest absolute Gasteiger partial charge is 0.405 e. The number of aromatic nitrogens is 1. The summed E-state index contributed by atoms with van der Waals surface area (Å²) in [7, 11) is 1.58. The Morgan fingerprint density at radius 2 is 1.73 bits per heavy atom. The van der Waals surface area contributed by atoms with E-state index in [-0.39, 0.29) is 5.56 Å². The van der Waals surface area contributed by atoms with Gasteiger partial charge in [-0.2, -0.15) is 13.2 Å². The third-order valence-electron chi connectivity index (χ3n) is 5.18. The van der Waals surface area contributed by atoms with Gasteiger partial charge in [0.1, 0.15) is 12.3 Å². The molecule has 0 fully saturated rings. The molecule has 0 spiro atoms. The van der Waals surface area contributed by atoms with Crippen molar-refractivity contribution in [2.24, 2.45) is 0 Å². The van der Waals surface area contributed by atoms with Crippen LogP contribution in [0.15, 0.2) is 48.5 Å². The zero-order valence-corrected chi connectivity index (χ0v) is 18.6. The number of amides is 2.